The van der Waals surface area contributed by atoms with E-state index >= 15 is 0 Å². The predicted molar refractivity (Wildman–Crippen MR) is 123 cm³/mol. The van der Waals surface area contributed by atoms with Crippen LogP contribution in [-0.2, 0) is 11.3 Å². The number of rotatable bonds is 9. The fraction of sp³-hybridized carbons (Fsp3) is 0.600. The van der Waals surface area contributed by atoms with Crippen molar-refractivity contribution >= 4 is 35.8 Å². The molecule has 0 heterocycles. The second-order valence-electron chi connectivity index (χ2n) is 6.85. The van der Waals surface area contributed by atoms with E-state index in [1.54, 1.807) is 0 Å². The highest BCUT2D eigenvalue weighted by atomic mass is 127. The Hall–Kier alpha value is -1.51. The summed E-state index contributed by atoms with van der Waals surface area (Å²) in [4.78, 5) is 18.9. The highest BCUT2D eigenvalue weighted by Gasteiger charge is 2.27. The summed E-state index contributed by atoms with van der Waals surface area (Å²) >= 11 is 0. The maximum atomic E-state index is 12.2. The molecular weight excluding hydrogens is 455 g/mol. The van der Waals surface area contributed by atoms with Crippen molar-refractivity contribution in [1.82, 2.24) is 15.5 Å². The van der Waals surface area contributed by atoms with Gasteiger partial charge in [-0.1, -0.05) is 12.1 Å². The van der Waals surface area contributed by atoms with Crippen LogP contribution >= 0.6 is 24.0 Å². The van der Waals surface area contributed by atoms with E-state index in [0.29, 0.717) is 19.7 Å². The van der Waals surface area contributed by atoms with Gasteiger partial charge in [0.1, 0.15) is 5.75 Å². The van der Waals surface area contributed by atoms with Gasteiger partial charge in [0.25, 0.3) is 0 Å². The van der Waals surface area contributed by atoms with Gasteiger partial charge in [0.15, 0.2) is 5.96 Å². The molecule has 0 aliphatic carbocycles. The smallest absolute Gasteiger partial charge is 0.227 e. The molecule has 27 heavy (non-hydrogen) atoms. The quantitative estimate of drug-likeness (QED) is 0.317. The first-order valence-electron chi connectivity index (χ1n) is 9.33. The minimum Gasteiger partial charge on any atom is -0.494 e. The minimum atomic E-state index is -0.545. The molecule has 0 radical (unpaired) electrons. The number of nitrogens with zero attached hydrogens (tertiary/aromatic N) is 2. The second kappa shape index (κ2) is 12.8. The van der Waals surface area contributed by atoms with Gasteiger partial charge in [-0.3, -0.25) is 9.79 Å². The third-order valence-electron chi connectivity index (χ3n) is 3.93. The average molecular weight is 490 g/mol. The van der Waals surface area contributed by atoms with Gasteiger partial charge < -0.3 is 20.3 Å². The number of halogens is 1. The van der Waals surface area contributed by atoms with E-state index in [-0.39, 0.29) is 29.9 Å². The van der Waals surface area contributed by atoms with E-state index in [2.05, 4.69) is 32.7 Å². The maximum absolute atomic E-state index is 12.2. The van der Waals surface area contributed by atoms with Crippen LogP contribution in [0.15, 0.2) is 29.3 Å². The van der Waals surface area contributed by atoms with Crippen LogP contribution in [0.2, 0.25) is 0 Å². The number of carbonyl (C=O) groups excluding carboxylic acids is 1. The van der Waals surface area contributed by atoms with E-state index in [9.17, 15) is 4.79 Å². The van der Waals surface area contributed by atoms with Gasteiger partial charge in [-0.2, -0.15) is 0 Å². The van der Waals surface area contributed by atoms with Crippen LogP contribution in [0.5, 0.6) is 5.75 Å². The number of hydrogen-bond donors (Lipinski definition) is 2. The summed E-state index contributed by atoms with van der Waals surface area (Å²) in [5, 5.41) is 6.17. The van der Waals surface area contributed by atoms with Crippen LogP contribution in [0.1, 0.15) is 40.2 Å². The fourth-order valence-corrected chi connectivity index (χ4v) is 2.42. The molecule has 0 fully saturated rings. The lowest BCUT2D eigenvalue weighted by atomic mass is 9.92. The molecule has 0 aromatic heterocycles. The van der Waals surface area contributed by atoms with Crippen molar-refractivity contribution in [3.8, 4) is 5.75 Å². The van der Waals surface area contributed by atoms with Crippen molar-refractivity contribution in [2.45, 2.75) is 41.2 Å². The van der Waals surface area contributed by atoms with Crippen molar-refractivity contribution < 1.29 is 9.53 Å². The highest BCUT2D eigenvalue weighted by molar-refractivity contribution is 14.0. The Balaban J connectivity index is 0.00000676. The van der Waals surface area contributed by atoms with E-state index < -0.39 is 5.41 Å². The number of carbonyl (C=O) groups is 1. The van der Waals surface area contributed by atoms with E-state index in [0.717, 1.165) is 24.8 Å². The summed E-state index contributed by atoms with van der Waals surface area (Å²) in [5.74, 6) is 1.69. The van der Waals surface area contributed by atoms with Gasteiger partial charge in [0, 0.05) is 26.7 Å². The van der Waals surface area contributed by atoms with Crippen LogP contribution in [-0.4, -0.2) is 50.1 Å². The Kier molecular flexibility index (Phi) is 12.1. The zero-order valence-electron chi connectivity index (χ0n) is 17.5. The zero-order valence-corrected chi connectivity index (χ0v) is 19.8. The molecule has 0 unspecified atom stereocenters. The van der Waals surface area contributed by atoms with Gasteiger partial charge in [-0.25, -0.2) is 0 Å². The summed E-state index contributed by atoms with van der Waals surface area (Å²) < 4.78 is 5.48. The van der Waals surface area contributed by atoms with Crippen LogP contribution in [0, 0.1) is 5.41 Å². The molecular formula is C20H35IN4O2. The van der Waals surface area contributed by atoms with Gasteiger partial charge in [-0.15, -0.1) is 24.0 Å². The molecule has 0 spiro atoms. The van der Waals surface area contributed by atoms with Crippen molar-refractivity contribution in [3.63, 3.8) is 0 Å². The summed E-state index contributed by atoms with van der Waals surface area (Å²) in [7, 11) is 2.00. The van der Waals surface area contributed by atoms with E-state index in [1.807, 2.05) is 53.8 Å². The maximum Gasteiger partial charge on any atom is 0.227 e. The van der Waals surface area contributed by atoms with Crippen molar-refractivity contribution in [2.24, 2.45) is 10.4 Å². The lowest BCUT2D eigenvalue weighted by molar-refractivity contribution is -0.128. The third kappa shape index (κ3) is 8.81. The van der Waals surface area contributed by atoms with Crippen molar-refractivity contribution in [1.29, 1.82) is 0 Å². The summed E-state index contributed by atoms with van der Waals surface area (Å²) in [6.07, 6.45) is 0. The molecule has 0 bridgehead atoms. The molecule has 1 aromatic rings. The van der Waals surface area contributed by atoms with E-state index in [4.69, 9.17) is 4.74 Å². The molecule has 154 valence electrons. The summed E-state index contributed by atoms with van der Waals surface area (Å²) in [5.41, 5.74) is 0.626. The SMILES string of the molecule is CCNC(=O)C(C)(C)CN=C(NCC)N(C)Cc1ccc(OCC)cc1.I. The molecule has 0 saturated carbocycles. The Morgan fingerprint density at radius 3 is 2.22 bits per heavy atom. The van der Waals surface area contributed by atoms with Crippen molar-refractivity contribution in [2.75, 3.05) is 33.3 Å². The van der Waals surface area contributed by atoms with Gasteiger partial charge in [0.05, 0.1) is 18.6 Å². The van der Waals surface area contributed by atoms with Crippen LogP contribution < -0.4 is 15.4 Å². The summed E-state index contributed by atoms with van der Waals surface area (Å²) in [6.45, 7) is 13.0. The number of amides is 1. The molecule has 0 aliphatic heterocycles. The predicted octanol–water partition coefficient (Wildman–Crippen LogP) is 3.26. The van der Waals surface area contributed by atoms with Crippen molar-refractivity contribution in [3.05, 3.63) is 29.8 Å². The summed E-state index contributed by atoms with van der Waals surface area (Å²) in [6, 6.07) is 8.08. The third-order valence-corrected chi connectivity index (χ3v) is 3.93. The lowest BCUT2D eigenvalue weighted by Gasteiger charge is -2.25. The molecule has 2 N–H and O–H groups in total. The number of nitrogens with one attached hydrogen (secondary N) is 2. The number of guanidine groups is 1. The van der Waals surface area contributed by atoms with Gasteiger partial charge in [0.2, 0.25) is 5.91 Å². The Morgan fingerprint density at radius 1 is 1.11 bits per heavy atom. The lowest BCUT2D eigenvalue weighted by Crippen LogP contribution is -2.42. The number of ether oxygens (including phenoxy) is 1. The topological polar surface area (TPSA) is 66.0 Å². The second-order valence-corrected chi connectivity index (χ2v) is 6.85. The largest absolute Gasteiger partial charge is 0.494 e. The number of aliphatic imine (C=N–C) groups is 1. The monoisotopic (exact) mass is 490 g/mol. The zero-order chi connectivity index (χ0) is 19.6. The molecule has 7 heteroatoms. The first-order chi connectivity index (χ1) is 12.3. The average Bonchev–Trinajstić information content (AvgIpc) is 2.60. The molecule has 0 aliphatic rings. The van der Waals surface area contributed by atoms with Gasteiger partial charge >= 0.3 is 0 Å². The Morgan fingerprint density at radius 2 is 1.70 bits per heavy atom. The van der Waals surface area contributed by atoms with Gasteiger partial charge in [-0.05, 0) is 52.3 Å². The number of hydrogen-bond acceptors (Lipinski definition) is 3. The first-order valence-corrected chi connectivity index (χ1v) is 9.33. The molecule has 1 amide bonds. The standard InChI is InChI=1S/C20H34N4O2.HI/c1-7-21-18(25)20(4,5)15-23-19(22-8-2)24(6)14-16-10-12-17(13-11-16)26-9-3;/h10-13H,7-9,14-15H2,1-6H3,(H,21,25)(H,22,23);1H. The van der Waals surface area contributed by atoms with E-state index in [1.165, 1.54) is 5.56 Å². The molecule has 0 atom stereocenters. The van der Waals surface area contributed by atoms with Crippen LogP contribution in [0.4, 0.5) is 0 Å². The van der Waals surface area contributed by atoms with Crippen LogP contribution in [0.3, 0.4) is 0 Å². The first kappa shape index (κ1) is 25.5. The molecule has 1 rings (SSSR count). The Labute approximate surface area is 181 Å². The fourth-order valence-electron chi connectivity index (χ4n) is 2.42. The molecule has 6 nitrogen and oxygen atoms in total. The number of benzene rings is 1. The highest BCUT2D eigenvalue weighted by Crippen LogP contribution is 2.16. The normalized spacial score (nSPS) is 11.4. The van der Waals surface area contributed by atoms with Crippen LogP contribution in [0.25, 0.3) is 0 Å². The Bertz CT molecular complexity index is 588. The molecule has 0 saturated heterocycles. The molecule has 1 aromatic carbocycles. The minimum absolute atomic E-state index is 0.